The van der Waals surface area contributed by atoms with Gasteiger partial charge in [0.15, 0.2) is 0 Å². The molecule has 3 aliphatic rings. The van der Waals surface area contributed by atoms with Crippen molar-refractivity contribution >= 4 is 36.2 Å². The Kier molecular flexibility index (Phi) is 6.58. The van der Waals surface area contributed by atoms with Gasteiger partial charge in [-0.15, -0.1) is 11.3 Å². The van der Waals surface area contributed by atoms with E-state index in [2.05, 4.69) is 40.6 Å². The summed E-state index contributed by atoms with van der Waals surface area (Å²) in [5.74, 6) is 1.31. The van der Waals surface area contributed by atoms with Crippen molar-refractivity contribution in [3.63, 3.8) is 0 Å². The van der Waals surface area contributed by atoms with E-state index in [1.54, 1.807) is 11.3 Å². The highest BCUT2D eigenvalue weighted by Crippen LogP contribution is 2.54. The zero-order valence-corrected chi connectivity index (χ0v) is 24.0. The Hall–Kier alpha value is -2.00. The van der Waals surface area contributed by atoms with Crippen molar-refractivity contribution in [3.8, 4) is 10.4 Å². The minimum Gasteiger partial charge on any atom is -0.390 e. The average Bonchev–Trinajstić information content (AvgIpc) is 3.49. The molecule has 6 nitrogen and oxygen atoms in total. The smallest absolute Gasteiger partial charge is 0.252 e. The molecule has 0 spiro atoms. The number of fused-ring (bicyclic) bond motifs is 3. The van der Waals surface area contributed by atoms with Crippen molar-refractivity contribution in [2.75, 3.05) is 6.61 Å². The normalized spacial score (nSPS) is 29.1. The SMILES string of the molecule is C[Si](C)(C)CCOCn1ccc2c(C(=O)NC3CC4CC5CCC3C(O)(C5)C4)cc(-c3cncs3)cc21. The van der Waals surface area contributed by atoms with Crippen molar-refractivity contribution in [1.29, 1.82) is 0 Å². The highest BCUT2D eigenvalue weighted by Gasteiger charge is 2.54. The van der Waals surface area contributed by atoms with Crippen LogP contribution in [0.2, 0.25) is 25.7 Å². The third-order valence-corrected chi connectivity index (χ3v) is 11.5. The van der Waals surface area contributed by atoms with Gasteiger partial charge in [0.05, 0.1) is 21.5 Å². The second kappa shape index (κ2) is 9.63. The Labute approximate surface area is 224 Å². The summed E-state index contributed by atoms with van der Waals surface area (Å²) in [5.41, 5.74) is 3.93. The number of nitrogens with one attached hydrogen (secondary N) is 1. The number of nitrogens with zero attached hydrogens (tertiary/aromatic N) is 2. The molecule has 3 aromatic rings. The Bertz CT molecular complexity index is 1280. The number of carbonyl (C=O) groups excluding carboxylic acids is 1. The molecular weight excluding hydrogens is 498 g/mol. The van der Waals surface area contributed by atoms with Gasteiger partial charge in [0.2, 0.25) is 0 Å². The summed E-state index contributed by atoms with van der Waals surface area (Å²) in [7, 11) is -1.15. The van der Waals surface area contributed by atoms with Crippen LogP contribution in [0.5, 0.6) is 0 Å². The first-order valence-electron chi connectivity index (χ1n) is 13.8. The lowest BCUT2D eigenvalue weighted by atomic mass is 9.53. The fraction of sp³-hybridized carbons (Fsp3) is 0.586. The molecule has 6 rings (SSSR count). The molecule has 0 radical (unpaired) electrons. The number of aromatic nitrogens is 2. The lowest BCUT2D eigenvalue weighted by Gasteiger charge is -2.56. The molecule has 2 aromatic heterocycles. The van der Waals surface area contributed by atoms with Gasteiger partial charge in [-0.3, -0.25) is 9.78 Å². The van der Waals surface area contributed by atoms with E-state index in [1.807, 2.05) is 30.0 Å². The van der Waals surface area contributed by atoms with Crippen LogP contribution in [-0.2, 0) is 11.5 Å². The maximum atomic E-state index is 13.9. The number of ether oxygens (including phenoxy) is 1. The van der Waals surface area contributed by atoms with Crippen LogP contribution in [0.3, 0.4) is 0 Å². The predicted octanol–water partition coefficient (Wildman–Crippen LogP) is 6.14. The second-order valence-corrected chi connectivity index (χ2v) is 19.4. The van der Waals surface area contributed by atoms with Crippen LogP contribution in [0, 0.1) is 17.8 Å². The Morgan fingerprint density at radius 2 is 2.08 bits per heavy atom. The molecule has 0 saturated heterocycles. The van der Waals surface area contributed by atoms with Gasteiger partial charge in [-0.2, -0.15) is 0 Å². The molecular formula is C29H39N3O3SSi. The van der Waals surface area contributed by atoms with Crippen LogP contribution in [0.25, 0.3) is 21.3 Å². The van der Waals surface area contributed by atoms with E-state index in [1.165, 1.54) is 12.8 Å². The molecule has 2 N–H and O–H groups in total. The highest BCUT2D eigenvalue weighted by atomic mass is 32.1. The quantitative estimate of drug-likeness (QED) is 0.267. The van der Waals surface area contributed by atoms with Crippen molar-refractivity contribution < 1.29 is 14.6 Å². The second-order valence-electron chi connectivity index (χ2n) is 12.9. The number of thiazole rings is 1. The molecule has 3 bridgehead atoms. The third-order valence-electron chi connectivity index (χ3n) is 8.99. The van der Waals surface area contributed by atoms with Crippen molar-refractivity contribution in [1.82, 2.24) is 14.9 Å². The van der Waals surface area contributed by atoms with Crippen molar-refractivity contribution in [2.45, 2.75) is 82.6 Å². The standard InChI is InChI=1S/C29H39N3O3SSi/c1-37(2,3)9-8-35-18-32-7-6-22-23(12-21(13-26(22)32)27-16-30-17-36-27)28(33)31-25-11-20-10-19-4-5-24(25)29(34,14-19)15-20/h6-7,12-13,16-17,19-20,24-25,34H,4-5,8-11,14-15,18H2,1-3H3,(H,31,33). The summed E-state index contributed by atoms with van der Waals surface area (Å²) in [6.45, 7) is 8.30. The van der Waals surface area contributed by atoms with Gasteiger partial charge in [-0.25, -0.2) is 0 Å². The molecule has 2 heterocycles. The summed E-state index contributed by atoms with van der Waals surface area (Å²) in [4.78, 5) is 19.2. The number of amides is 1. The monoisotopic (exact) mass is 537 g/mol. The van der Waals surface area contributed by atoms with Crippen LogP contribution in [0.1, 0.15) is 48.9 Å². The number of hydrogen-bond donors (Lipinski definition) is 2. The van der Waals surface area contributed by atoms with E-state index in [9.17, 15) is 9.90 Å². The zero-order valence-electron chi connectivity index (χ0n) is 22.2. The Morgan fingerprint density at radius 1 is 1.24 bits per heavy atom. The maximum Gasteiger partial charge on any atom is 0.252 e. The van der Waals surface area contributed by atoms with E-state index in [0.717, 1.165) is 59.7 Å². The fourth-order valence-corrected chi connectivity index (χ4v) is 8.62. The molecule has 5 atom stereocenters. The van der Waals surface area contributed by atoms with E-state index < -0.39 is 13.7 Å². The highest BCUT2D eigenvalue weighted by molar-refractivity contribution is 7.13. The van der Waals surface area contributed by atoms with Crippen molar-refractivity contribution in [2.24, 2.45) is 17.8 Å². The fourth-order valence-electron chi connectivity index (χ4n) is 7.25. The van der Waals surface area contributed by atoms with Gasteiger partial charge in [0.1, 0.15) is 6.73 Å². The lowest BCUT2D eigenvalue weighted by Crippen LogP contribution is -2.61. The number of carbonyl (C=O) groups is 1. The molecule has 37 heavy (non-hydrogen) atoms. The first kappa shape index (κ1) is 25.3. The van der Waals surface area contributed by atoms with E-state index in [0.29, 0.717) is 24.1 Å². The van der Waals surface area contributed by atoms with Gasteiger partial charge in [0.25, 0.3) is 5.91 Å². The molecule has 1 aromatic carbocycles. The van der Waals surface area contributed by atoms with Crippen LogP contribution in [0.15, 0.2) is 36.1 Å². The summed E-state index contributed by atoms with van der Waals surface area (Å²) in [6, 6.07) is 7.36. The molecule has 0 aliphatic heterocycles. The van der Waals surface area contributed by atoms with Gasteiger partial charge in [-0.05, 0) is 80.2 Å². The van der Waals surface area contributed by atoms with Crippen LogP contribution in [0.4, 0.5) is 0 Å². The molecule has 198 valence electrons. The van der Waals surface area contributed by atoms with Crippen LogP contribution in [-0.4, -0.2) is 46.9 Å². The zero-order chi connectivity index (χ0) is 25.8. The minimum atomic E-state index is -1.15. The third kappa shape index (κ3) is 5.05. The van der Waals surface area contributed by atoms with Gasteiger partial charge >= 0.3 is 0 Å². The van der Waals surface area contributed by atoms with Gasteiger partial charge in [0, 0.05) is 50.0 Å². The lowest BCUT2D eigenvalue weighted by molar-refractivity contribution is -0.146. The summed E-state index contributed by atoms with van der Waals surface area (Å²) < 4.78 is 8.17. The average molecular weight is 538 g/mol. The first-order valence-corrected chi connectivity index (χ1v) is 18.4. The Balaban J connectivity index is 1.28. The molecule has 3 aliphatic carbocycles. The first-order chi connectivity index (χ1) is 17.7. The van der Waals surface area contributed by atoms with E-state index in [-0.39, 0.29) is 17.9 Å². The van der Waals surface area contributed by atoms with Crippen molar-refractivity contribution in [3.05, 3.63) is 41.7 Å². The largest absolute Gasteiger partial charge is 0.390 e. The van der Waals surface area contributed by atoms with Crippen LogP contribution >= 0.6 is 11.3 Å². The molecule has 3 fully saturated rings. The topological polar surface area (TPSA) is 76.4 Å². The van der Waals surface area contributed by atoms with E-state index in [4.69, 9.17) is 4.74 Å². The molecule has 5 unspecified atom stereocenters. The molecule has 8 heteroatoms. The van der Waals surface area contributed by atoms with Crippen LogP contribution < -0.4 is 5.32 Å². The number of hydrogen-bond acceptors (Lipinski definition) is 5. The Morgan fingerprint density at radius 3 is 2.86 bits per heavy atom. The van der Waals surface area contributed by atoms with E-state index >= 15 is 0 Å². The maximum absolute atomic E-state index is 13.9. The number of aliphatic hydroxyl groups is 1. The predicted molar refractivity (Wildman–Crippen MR) is 152 cm³/mol. The number of rotatable bonds is 8. The molecule has 3 saturated carbocycles. The summed E-state index contributed by atoms with van der Waals surface area (Å²) in [6.07, 6.45) is 10.1. The number of benzene rings is 1. The summed E-state index contributed by atoms with van der Waals surface area (Å²) >= 11 is 1.58. The van der Waals surface area contributed by atoms with Gasteiger partial charge < -0.3 is 19.7 Å². The van der Waals surface area contributed by atoms with Gasteiger partial charge in [-0.1, -0.05) is 19.6 Å². The molecule has 1 amide bonds. The summed E-state index contributed by atoms with van der Waals surface area (Å²) in [5, 5.41) is 15.8. The minimum absolute atomic E-state index is 0.0339.